The second-order valence-electron chi connectivity index (χ2n) is 6.82. The largest absolute Gasteiger partial charge is 0.487 e. The van der Waals surface area contributed by atoms with Crippen molar-refractivity contribution < 1.29 is 9.53 Å². The Morgan fingerprint density at radius 3 is 2.54 bits per heavy atom. The maximum atomic E-state index is 12.8. The Bertz CT molecular complexity index is 898. The number of carbonyl (C=O) groups is 1. The zero-order chi connectivity index (χ0) is 19.3. The zero-order valence-corrected chi connectivity index (χ0v) is 17.5. The fourth-order valence-electron chi connectivity index (χ4n) is 3.24. The Morgan fingerprint density at radius 1 is 1.11 bits per heavy atom. The van der Waals surface area contributed by atoms with Crippen LogP contribution in [-0.4, -0.2) is 46.9 Å². The van der Waals surface area contributed by atoms with E-state index in [-0.39, 0.29) is 5.91 Å². The van der Waals surface area contributed by atoms with Gasteiger partial charge in [-0.3, -0.25) is 9.69 Å². The number of hydrogen-bond acceptors (Lipinski definition) is 6. The van der Waals surface area contributed by atoms with Gasteiger partial charge in [0.15, 0.2) is 0 Å². The number of ether oxygens (including phenoxy) is 1. The third kappa shape index (κ3) is 4.79. The highest BCUT2D eigenvalue weighted by molar-refractivity contribution is 7.10. The first-order valence-electron chi connectivity index (χ1n) is 9.35. The van der Waals surface area contributed by atoms with Gasteiger partial charge in [0.2, 0.25) is 0 Å². The van der Waals surface area contributed by atoms with E-state index in [1.165, 1.54) is 4.88 Å². The van der Waals surface area contributed by atoms with Gasteiger partial charge in [0.1, 0.15) is 12.4 Å². The van der Waals surface area contributed by atoms with Gasteiger partial charge in [0.05, 0.1) is 10.7 Å². The first-order chi connectivity index (χ1) is 13.7. The molecule has 1 saturated heterocycles. The Kier molecular flexibility index (Phi) is 6.04. The highest BCUT2D eigenvalue weighted by Gasteiger charge is 2.22. The zero-order valence-electron chi connectivity index (χ0n) is 15.8. The Labute approximate surface area is 173 Å². The molecule has 0 radical (unpaired) electrons. The Balaban J connectivity index is 1.27. The molecule has 1 aliphatic heterocycles. The topological polar surface area (TPSA) is 45.7 Å². The summed E-state index contributed by atoms with van der Waals surface area (Å²) in [6.07, 6.45) is 0. The van der Waals surface area contributed by atoms with Crippen LogP contribution in [0.15, 0.2) is 47.2 Å². The summed E-state index contributed by atoms with van der Waals surface area (Å²) in [4.78, 5) is 22.9. The third-order valence-corrected chi connectivity index (χ3v) is 6.46. The number of carbonyl (C=O) groups excluding carboxylic acids is 1. The molecule has 3 aromatic rings. The summed E-state index contributed by atoms with van der Waals surface area (Å²) in [5.74, 6) is 0.848. The lowest BCUT2D eigenvalue weighted by atomic mass is 10.1. The van der Waals surface area contributed by atoms with E-state index < -0.39 is 0 Å². The van der Waals surface area contributed by atoms with Gasteiger partial charge in [-0.15, -0.1) is 22.7 Å². The molecular weight excluding hydrogens is 390 g/mol. The minimum absolute atomic E-state index is 0.0949. The predicted octanol–water partition coefficient (Wildman–Crippen LogP) is 4.05. The summed E-state index contributed by atoms with van der Waals surface area (Å²) in [6, 6.07) is 11.7. The number of piperazine rings is 1. The van der Waals surface area contributed by atoms with Crippen LogP contribution < -0.4 is 4.74 Å². The van der Waals surface area contributed by atoms with Gasteiger partial charge in [0, 0.05) is 48.5 Å². The summed E-state index contributed by atoms with van der Waals surface area (Å²) in [5.41, 5.74) is 1.65. The number of benzene rings is 1. The first-order valence-corrected chi connectivity index (χ1v) is 11.1. The summed E-state index contributed by atoms with van der Waals surface area (Å²) in [7, 11) is 0. The molecule has 7 heteroatoms. The lowest BCUT2D eigenvalue weighted by molar-refractivity contribution is 0.0629. The number of aromatic nitrogens is 1. The van der Waals surface area contributed by atoms with Crippen LogP contribution in [0.2, 0.25) is 0 Å². The number of hydrogen-bond donors (Lipinski definition) is 0. The van der Waals surface area contributed by atoms with Crippen molar-refractivity contribution in [3.05, 3.63) is 68.3 Å². The van der Waals surface area contributed by atoms with Gasteiger partial charge in [-0.05, 0) is 42.6 Å². The van der Waals surface area contributed by atoms with Gasteiger partial charge in [0.25, 0.3) is 5.91 Å². The first kappa shape index (κ1) is 19.1. The monoisotopic (exact) mass is 413 g/mol. The number of aryl methyl sites for hydroxylation is 1. The smallest absolute Gasteiger partial charge is 0.253 e. The Hall–Kier alpha value is -2.22. The number of thiophene rings is 1. The molecule has 28 heavy (non-hydrogen) atoms. The molecule has 4 rings (SSSR count). The highest BCUT2D eigenvalue weighted by atomic mass is 32.1. The quantitative estimate of drug-likeness (QED) is 0.612. The van der Waals surface area contributed by atoms with E-state index in [0.29, 0.717) is 12.2 Å². The van der Waals surface area contributed by atoms with Crippen LogP contribution in [0.5, 0.6) is 5.75 Å². The average Bonchev–Trinajstić information content (AvgIpc) is 3.38. The molecule has 1 aliphatic rings. The number of nitrogens with zero attached hydrogens (tertiary/aromatic N) is 3. The van der Waals surface area contributed by atoms with Crippen LogP contribution in [0.1, 0.15) is 25.9 Å². The van der Waals surface area contributed by atoms with Crippen LogP contribution in [0, 0.1) is 6.92 Å². The van der Waals surface area contributed by atoms with Gasteiger partial charge >= 0.3 is 0 Å². The van der Waals surface area contributed by atoms with Crippen LogP contribution >= 0.6 is 22.7 Å². The van der Waals surface area contributed by atoms with Gasteiger partial charge in [-0.1, -0.05) is 6.07 Å². The normalized spacial score (nSPS) is 15.0. The fourth-order valence-corrected chi connectivity index (χ4v) is 4.58. The van der Waals surface area contributed by atoms with Crippen molar-refractivity contribution in [2.24, 2.45) is 0 Å². The molecule has 1 fully saturated rings. The third-order valence-electron chi connectivity index (χ3n) is 4.77. The van der Waals surface area contributed by atoms with E-state index >= 15 is 0 Å². The second-order valence-corrected chi connectivity index (χ2v) is 8.91. The van der Waals surface area contributed by atoms with Crippen molar-refractivity contribution in [3.8, 4) is 5.75 Å². The van der Waals surface area contributed by atoms with Gasteiger partial charge < -0.3 is 9.64 Å². The summed E-state index contributed by atoms with van der Waals surface area (Å²) in [6.45, 7) is 6.78. The van der Waals surface area contributed by atoms with E-state index in [1.807, 2.05) is 41.5 Å². The molecule has 1 aromatic carbocycles. The molecule has 3 heterocycles. The van der Waals surface area contributed by atoms with E-state index in [1.54, 1.807) is 22.7 Å². The number of thiazole rings is 1. The van der Waals surface area contributed by atoms with Crippen LogP contribution in [-0.2, 0) is 13.2 Å². The van der Waals surface area contributed by atoms with Crippen molar-refractivity contribution in [3.63, 3.8) is 0 Å². The lowest BCUT2D eigenvalue weighted by Gasteiger charge is -2.34. The SMILES string of the molecule is Cc1nc(COc2ccc(C(=O)N3CCN(Cc4cccs4)CC3)cc2)cs1. The van der Waals surface area contributed by atoms with E-state index in [4.69, 9.17) is 4.74 Å². The molecule has 0 aliphatic carbocycles. The highest BCUT2D eigenvalue weighted by Crippen LogP contribution is 2.18. The van der Waals surface area contributed by atoms with Crippen LogP contribution in [0.25, 0.3) is 0 Å². The van der Waals surface area contributed by atoms with Crippen molar-refractivity contribution in [2.75, 3.05) is 26.2 Å². The van der Waals surface area contributed by atoms with E-state index in [9.17, 15) is 4.79 Å². The van der Waals surface area contributed by atoms with Crippen LogP contribution in [0.3, 0.4) is 0 Å². The van der Waals surface area contributed by atoms with Crippen molar-refractivity contribution in [1.29, 1.82) is 0 Å². The molecular formula is C21H23N3O2S2. The fraction of sp³-hybridized carbons (Fsp3) is 0.333. The Morgan fingerprint density at radius 2 is 1.89 bits per heavy atom. The summed E-state index contributed by atoms with van der Waals surface area (Å²) < 4.78 is 5.76. The molecule has 0 atom stereocenters. The lowest BCUT2D eigenvalue weighted by Crippen LogP contribution is -2.48. The molecule has 2 aromatic heterocycles. The molecule has 5 nitrogen and oxygen atoms in total. The summed E-state index contributed by atoms with van der Waals surface area (Å²) in [5, 5.41) is 5.15. The van der Waals surface area contributed by atoms with Crippen molar-refractivity contribution in [2.45, 2.75) is 20.1 Å². The summed E-state index contributed by atoms with van der Waals surface area (Å²) >= 11 is 3.41. The molecule has 1 amide bonds. The minimum Gasteiger partial charge on any atom is -0.487 e. The van der Waals surface area contributed by atoms with Crippen molar-refractivity contribution >= 4 is 28.6 Å². The second kappa shape index (κ2) is 8.86. The van der Waals surface area contributed by atoms with Gasteiger partial charge in [-0.2, -0.15) is 0 Å². The van der Waals surface area contributed by atoms with Crippen LogP contribution in [0.4, 0.5) is 0 Å². The average molecular weight is 414 g/mol. The standard InChI is InChI=1S/C21H23N3O2S2/c1-16-22-18(15-28-16)14-26-19-6-4-17(5-7-19)21(25)24-10-8-23(9-11-24)13-20-3-2-12-27-20/h2-7,12,15H,8-11,13-14H2,1H3. The van der Waals surface area contributed by atoms with Gasteiger partial charge in [-0.25, -0.2) is 4.98 Å². The number of amides is 1. The van der Waals surface area contributed by atoms with Crippen molar-refractivity contribution in [1.82, 2.24) is 14.8 Å². The molecule has 0 bridgehead atoms. The minimum atomic E-state index is 0.0949. The van der Waals surface area contributed by atoms with E-state index in [0.717, 1.165) is 49.2 Å². The molecule has 0 saturated carbocycles. The molecule has 0 spiro atoms. The maximum absolute atomic E-state index is 12.8. The predicted molar refractivity (Wildman–Crippen MR) is 113 cm³/mol. The molecule has 146 valence electrons. The molecule has 0 N–H and O–H groups in total. The van der Waals surface area contributed by atoms with E-state index in [2.05, 4.69) is 27.4 Å². The molecule has 0 unspecified atom stereocenters. The number of rotatable bonds is 6. The maximum Gasteiger partial charge on any atom is 0.253 e.